The maximum absolute atomic E-state index is 7.03. The molecule has 0 bridgehead atoms. The summed E-state index contributed by atoms with van der Waals surface area (Å²) in [5, 5.41) is 22.6. The molecule has 0 saturated carbocycles. The first-order chi connectivity index (χ1) is 59.4. The normalized spacial score (nSPS) is 12.4. The number of para-hydroxylation sites is 8. The van der Waals surface area contributed by atoms with Crippen molar-refractivity contribution in [1.29, 1.82) is 0 Å². The Morgan fingerprint density at radius 2 is 0.421 bits per heavy atom. The van der Waals surface area contributed by atoms with Crippen molar-refractivity contribution in [2.45, 2.75) is 58.8 Å². The molecule has 24 aromatic rings. The van der Waals surface area contributed by atoms with Crippen LogP contribution in [0.5, 0.6) is 0 Å². The van der Waals surface area contributed by atoms with E-state index < -0.39 is 5.41 Å². The van der Waals surface area contributed by atoms with Crippen molar-refractivity contribution in [3.63, 3.8) is 0 Å². The molecule has 0 radical (unpaired) electrons. The highest BCUT2D eigenvalue weighted by Crippen LogP contribution is 2.55. The first kappa shape index (κ1) is 70.1. The molecule has 8 heteroatoms. The topological polar surface area (TPSA) is 65.5 Å². The number of hydrogen-bond acceptors (Lipinski definition) is 8. The summed E-state index contributed by atoms with van der Waals surface area (Å²) in [6, 6.07) is 133. The van der Waals surface area contributed by atoms with Gasteiger partial charge < -0.3 is 37.3 Å². The summed E-state index contributed by atoms with van der Waals surface area (Å²) >= 11 is 0. The second-order valence-electron chi connectivity index (χ2n) is 33.7. The van der Waals surface area contributed by atoms with Crippen molar-refractivity contribution in [2.75, 3.05) is 19.6 Å². The second kappa shape index (κ2) is 27.0. The molecule has 121 heavy (non-hydrogen) atoms. The summed E-state index contributed by atoms with van der Waals surface area (Å²) in [6.07, 6.45) is 0. The van der Waals surface area contributed by atoms with Crippen LogP contribution < -0.4 is 19.6 Å². The molecule has 0 N–H and O–H groups in total. The van der Waals surface area contributed by atoms with E-state index in [2.05, 4.69) is 413 Å². The number of benzene rings is 20. The molecule has 0 saturated heterocycles. The van der Waals surface area contributed by atoms with E-state index in [-0.39, 0.29) is 0 Å². The minimum Gasteiger partial charge on any atom is -0.454 e. The zero-order valence-corrected chi connectivity index (χ0v) is 67.7. The molecule has 24 rings (SSSR count). The smallest absolute Gasteiger partial charge is 0.159 e. The average molecular weight is 1560 g/mol. The van der Waals surface area contributed by atoms with Crippen LogP contribution in [0.4, 0.5) is 68.2 Å². The molecule has 576 valence electrons. The van der Waals surface area contributed by atoms with Gasteiger partial charge in [0.25, 0.3) is 0 Å². The Hall–Kier alpha value is -15.1. The summed E-state index contributed by atoms with van der Waals surface area (Å²) in [4.78, 5) is 9.66. The van der Waals surface area contributed by atoms with Crippen LogP contribution in [0, 0.1) is 0 Å². The Labute approximate surface area is 698 Å². The fourth-order valence-corrected chi connectivity index (χ4v) is 19.8. The molecule has 4 aromatic heterocycles. The summed E-state index contributed by atoms with van der Waals surface area (Å²) in [5.41, 5.74) is 23.4. The zero-order chi connectivity index (χ0) is 80.6. The number of fused-ring (bicyclic) bond motifs is 12. The lowest BCUT2D eigenvalue weighted by molar-refractivity contribution is 0.641. The third kappa shape index (κ3) is 10.8. The van der Waals surface area contributed by atoms with Crippen molar-refractivity contribution in [3.8, 4) is 0 Å². The van der Waals surface area contributed by atoms with Crippen LogP contribution in [0.3, 0.4) is 0 Å². The van der Waals surface area contributed by atoms with Crippen LogP contribution in [-0.4, -0.2) is 0 Å². The number of rotatable bonds is 16. The van der Waals surface area contributed by atoms with Crippen LogP contribution in [0.2, 0.25) is 0 Å². The van der Waals surface area contributed by atoms with E-state index in [9.17, 15) is 0 Å². The third-order valence-electron chi connectivity index (χ3n) is 26.0. The van der Waals surface area contributed by atoms with Gasteiger partial charge in [-0.1, -0.05) is 284 Å². The van der Waals surface area contributed by atoms with Crippen LogP contribution in [-0.2, 0) is 5.41 Å². The Morgan fingerprint density at radius 1 is 0.198 bits per heavy atom. The highest BCUT2D eigenvalue weighted by Gasteiger charge is 2.32. The third-order valence-corrected chi connectivity index (χ3v) is 26.0. The lowest BCUT2D eigenvalue weighted by Crippen LogP contribution is -2.19. The predicted octanol–water partition coefficient (Wildman–Crippen LogP) is 33.5. The standard InChI is InChI=1S/C113H80N4O4/c1-67(2)69-35-51-77(52-36-69)114(97-27-15-23-85-81-19-7-11-31-101(81)118-109(85)97)93-63-43-71-41-61-91-95(65-45-73-39-59-89(93)105(71)107(73)91)116(99-29-17-25-87-83-21-9-13-33-103(83)120-111(87)99)79-55-47-75(48-56-79)113(5,6)76-49-57-80(58-50-76)117(100-30-18-26-88-84-22-10-14-34-104(84)121-112(88)100)96-66-46-74-40-60-90-94(64-44-72-42-62-92(96)108(74)106(72)90)115(78-53-37-70(38-54-78)68(3)4)98-28-16-24-86-82-20-8-12-32-102(82)119-110(86)98/h7-68H,1-6H3. The van der Waals surface area contributed by atoms with Gasteiger partial charge in [-0.25, -0.2) is 0 Å². The molecule has 0 aliphatic carbocycles. The maximum Gasteiger partial charge on any atom is 0.159 e. The SMILES string of the molecule is CC(C)c1ccc(N(c2ccc3ccc4c(N(c5ccc(C(C)(C)c6ccc(N(c7ccc8ccc9c(N(c%10ccc(C(C)C)cc%10)c%10cccc%11c%10oc%10ccccc%10%11)ccc%10ccc7c8c%109)c7cccc8c7oc7ccccc78)cc6)cc5)c5cccc6c5oc5ccccc56)ccc5ccc2c3c54)c2cccc3c2oc2ccccc23)cc1. The van der Waals surface area contributed by atoms with Gasteiger partial charge in [0.1, 0.15) is 22.3 Å². The van der Waals surface area contributed by atoms with Crippen molar-refractivity contribution in [2.24, 2.45) is 0 Å². The summed E-state index contributed by atoms with van der Waals surface area (Å²) in [5.74, 6) is 0.757. The summed E-state index contributed by atoms with van der Waals surface area (Å²) < 4.78 is 27.8. The Kier molecular flexibility index (Phi) is 15.6. The lowest BCUT2D eigenvalue weighted by atomic mass is 9.78. The van der Waals surface area contributed by atoms with Crippen molar-refractivity contribution in [1.82, 2.24) is 0 Å². The van der Waals surface area contributed by atoms with Crippen LogP contribution in [0.15, 0.2) is 382 Å². The molecule has 20 aromatic carbocycles. The van der Waals surface area contributed by atoms with E-state index in [0.29, 0.717) is 11.8 Å². The molecule has 0 spiro atoms. The monoisotopic (exact) mass is 1560 g/mol. The molecule has 0 aliphatic rings. The molecule has 0 unspecified atom stereocenters. The van der Waals surface area contributed by atoms with E-state index in [4.69, 9.17) is 17.7 Å². The van der Waals surface area contributed by atoms with Crippen LogP contribution >= 0.6 is 0 Å². The van der Waals surface area contributed by atoms with Gasteiger partial charge in [-0.05, 0) is 199 Å². The van der Waals surface area contributed by atoms with Gasteiger partial charge in [-0.15, -0.1) is 0 Å². The van der Waals surface area contributed by atoms with Gasteiger partial charge in [-0.3, -0.25) is 0 Å². The minimum atomic E-state index is -0.458. The number of hydrogen-bond donors (Lipinski definition) is 0. The van der Waals surface area contributed by atoms with Gasteiger partial charge in [0.05, 0.1) is 45.5 Å². The minimum absolute atomic E-state index is 0.378. The average Bonchev–Trinajstić information content (AvgIpc) is 1.71. The Bertz CT molecular complexity index is 7780. The molecule has 0 aliphatic heterocycles. The molecule has 4 heterocycles. The van der Waals surface area contributed by atoms with Gasteiger partial charge >= 0.3 is 0 Å². The fourth-order valence-electron chi connectivity index (χ4n) is 19.8. The molecule has 8 nitrogen and oxygen atoms in total. The van der Waals surface area contributed by atoms with Gasteiger partial charge in [0, 0.05) is 92.8 Å². The highest BCUT2D eigenvalue weighted by atomic mass is 16.3. The van der Waals surface area contributed by atoms with Gasteiger partial charge in [0.2, 0.25) is 0 Å². The molecular formula is C113H80N4O4. The Morgan fingerprint density at radius 3 is 0.669 bits per heavy atom. The highest BCUT2D eigenvalue weighted by molar-refractivity contribution is 6.31. The first-order valence-corrected chi connectivity index (χ1v) is 42.1. The van der Waals surface area contributed by atoms with E-state index in [1.165, 1.54) is 43.8 Å². The number of nitrogens with zero attached hydrogens (tertiary/aromatic N) is 4. The second-order valence-corrected chi connectivity index (χ2v) is 33.7. The van der Waals surface area contributed by atoms with Crippen molar-refractivity contribution < 1.29 is 17.7 Å². The number of anilines is 12. The summed E-state index contributed by atoms with van der Waals surface area (Å²) in [7, 11) is 0. The molecule has 0 fully saturated rings. The van der Waals surface area contributed by atoms with E-state index in [1.54, 1.807) is 0 Å². The lowest BCUT2D eigenvalue weighted by Gasteiger charge is -2.31. The van der Waals surface area contributed by atoms with Crippen LogP contribution in [0.25, 0.3) is 152 Å². The van der Waals surface area contributed by atoms with Crippen molar-refractivity contribution >= 4 is 221 Å². The number of furan rings is 4. The zero-order valence-electron chi connectivity index (χ0n) is 67.7. The quantitative estimate of drug-likeness (QED) is 0.0887. The fraction of sp³-hybridized carbons (Fsp3) is 0.0796. The van der Waals surface area contributed by atoms with Crippen molar-refractivity contribution in [3.05, 3.63) is 386 Å². The molecular weight excluding hydrogens is 1480 g/mol. The predicted molar refractivity (Wildman–Crippen MR) is 508 cm³/mol. The van der Waals surface area contributed by atoms with Gasteiger partial charge in [-0.2, -0.15) is 0 Å². The Balaban J connectivity index is 0.635. The maximum atomic E-state index is 7.03. The van der Waals surface area contributed by atoms with Gasteiger partial charge in [0.15, 0.2) is 22.3 Å². The van der Waals surface area contributed by atoms with E-state index >= 15 is 0 Å². The first-order valence-electron chi connectivity index (χ1n) is 42.1. The van der Waals surface area contributed by atoms with E-state index in [0.717, 1.165) is 199 Å². The summed E-state index contributed by atoms with van der Waals surface area (Å²) in [6.45, 7) is 13.7. The van der Waals surface area contributed by atoms with E-state index in [1.807, 2.05) is 12.1 Å². The largest absolute Gasteiger partial charge is 0.454 e. The van der Waals surface area contributed by atoms with Crippen LogP contribution in [0.1, 0.15) is 75.6 Å². The molecule has 0 atom stereocenters. The molecule has 0 amide bonds.